The van der Waals surface area contributed by atoms with E-state index in [4.69, 9.17) is 21.3 Å². The molecule has 4 rings (SSSR count). The fraction of sp³-hybridized carbons (Fsp3) is 0.500. The van der Waals surface area contributed by atoms with Gasteiger partial charge in [0.1, 0.15) is 17.1 Å². The summed E-state index contributed by atoms with van der Waals surface area (Å²) in [5, 5.41) is 10.1. The van der Waals surface area contributed by atoms with Crippen LogP contribution < -0.4 is 4.90 Å². The number of aromatic nitrogens is 4. The minimum absolute atomic E-state index is 0.282. The van der Waals surface area contributed by atoms with Crippen molar-refractivity contribution in [3.8, 4) is 11.3 Å². The number of fused-ring (bicyclic) bond motifs is 1. The van der Waals surface area contributed by atoms with Crippen LogP contribution in [0, 0.1) is 0 Å². The number of likely N-dealkylation sites (N-methyl/N-ethyl adjacent to an activating group) is 1. The molecule has 0 radical (unpaired) electrons. The molecule has 0 atom stereocenters. The second-order valence-corrected chi connectivity index (χ2v) is 10.2. The molecule has 3 heterocycles. The zero-order valence-electron chi connectivity index (χ0n) is 20.5. The maximum Gasteiger partial charge on any atom is 0.410 e. The summed E-state index contributed by atoms with van der Waals surface area (Å²) in [6.45, 7) is 9.72. The lowest BCUT2D eigenvalue weighted by Gasteiger charge is -2.36. The van der Waals surface area contributed by atoms with E-state index in [0.717, 1.165) is 41.1 Å². The van der Waals surface area contributed by atoms with E-state index in [1.807, 2.05) is 70.0 Å². The number of carbonyl (C=O) groups excluding carboxylic acids is 1. The Morgan fingerprint density at radius 3 is 2.56 bits per heavy atom. The number of piperazine rings is 1. The highest BCUT2D eigenvalue weighted by molar-refractivity contribution is 6.33. The second-order valence-electron chi connectivity index (χ2n) is 9.83. The van der Waals surface area contributed by atoms with Gasteiger partial charge in [-0.05, 0) is 53.1 Å². The number of halogens is 1. The minimum atomic E-state index is -0.503. The van der Waals surface area contributed by atoms with Crippen molar-refractivity contribution < 1.29 is 9.53 Å². The molecular formula is C24H32ClN7O2. The third-order valence-corrected chi connectivity index (χ3v) is 5.87. The Bertz CT molecular complexity index is 1160. The quantitative estimate of drug-likeness (QED) is 0.544. The second kappa shape index (κ2) is 9.76. The highest BCUT2D eigenvalue weighted by Crippen LogP contribution is 2.31. The SMILES string of the molecule is CN(C)CCn1cc(-c2ccc3nc(N4CCN(C(=O)OC(C)(C)C)CC4)c(Cl)cc3c2)nn1. The number of ether oxygens (including phenoxy) is 1. The Hall–Kier alpha value is -2.91. The van der Waals surface area contributed by atoms with Crippen molar-refractivity contribution in [2.24, 2.45) is 0 Å². The monoisotopic (exact) mass is 485 g/mol. The van der Waals surface area contributed by atoms with Gasteiger partial charge >= 0.3 is 6.09 Å². The fourth-order valence-corrected chi connectivity index (χ4v) is 4.07. The van der Waals surface area contributed by atoms with Crippen molar-refractivity contribution in [3.05, 3.63) is 35.5 Å². The van der Waals surface area contributed by atoms with Gasteiger partial charge in [-0.3, -0.25) is 4.68 Å². The maximum absolute atomic E-state index is 12.3. The lowest BCUT2D eigenvalue weighted by molar-refractivity contribution is 0.0240. The first kappa shape index (κ1) is 24.2. The van der Waals surface area contributed by atoms with Gasteiger partial charge in [0.05, 0.1) is 23.3 Å². The van der Waals surface area contributed by atoms with Gasteiger partial charge < -0.3 is 19.4 Å². The largest absolute Gasteiger partial charge is 0.444 e. The van der Waals surface area contributed by atoms with Gasteiger partial charge in [-0.2, -0.15) is 0 Å². The Kier molecular flexibility index (Phi) is 6.95. The fourth-order valence-electron chi connectivity index (χ4n) is 3.79. The summed E-state index contributed by atoms with van der Waals surface area (Å²) in [6.07, 6.45) is 1.67. The molecule has 1 fully saturated rings. The van der Waals surface area contributed by atoms with Gasteiger partial charge in [0.25, 0.3) is 0 Å². The van der Waals surface area contributed by atoms with E-state index < -0.39 is 5.60 Å². The van der Waals surface area contributed by atoms with Crippen LogP contribution in [-0.4, -0.2) is 88.3 Å². The van der Waals surface area contributed by atoms with Crippen LogP contribution >= 0.6 is 11.6 Å². The first-order valence-corrected chi connectivity index (χ1v) is 11.9. The molecule has 9 nitrogen and oxygen atoms in total. The lowest BCUT2D eigenvalue weighted by atomic mass is 10.1. The third-order valence-electron chi connectivity index (χ3n) is 5.59. The van der Waals surface area contributed by atoms with E-state index in [-0.39, 0.29) is 6.09 Å². The summed E-state index contributed by atoms with van der Waals surface area (Å²) >= 11 is 6.65. The predicted octanol–water partition coefficient (Wildman–Crippen LogP) is 3.77. The summed E-state index contributed by atoms with van der Waals surface area (Å²) < 4.78 is 7.34. The Balaban J connectivity index is 1.47. The molecule has 2 aromatic heterocycles. The van der Waals surface area contributed by atoms with E-state index in [9.17, 15) is 4.79 Å². The molecule has 0 saturated carbocycles. The number of anilines is 1. The summed E-state index contributed by atoms with van der Waals surface area (Å²) in [6, 6.07) is 7.98. The average Bonchev–Trinajstić information content (AvgIpc) is 3.25. The van der Waals surface area contributed by atoms with Crippen molar-refractivity contribution in [2.75, 3.05) is 51.7 Å². The molecule has 1 saturated heterocycles. The Morgan fingerprint density at radius 2 is 1.88 bits per heavy atom. The van der Waals surface area contributed by atoms with Gasteiger partial charge in [0, 0.05) is 43.7 Å². The van der Waals surface area contributed by atoms with Crippen LogP contribution in [-0.2, 0) is 11.3 Å². The molecule has 1 aliphatic heterocycles. The van der Waals surface area contributed by atoms with Crippen LogP contribution in [0.5, 0.6) is 0 Å². The molecule has 34 heavy (non-hydrogen) atoms. The first-order chi connectivity index (χ1) is 16.1. The molecule has 0 N–H and O–H groups in total. The van der Waals surface area contributed by atoms with E-state index in [1.165, 1.54) is 0 Å². The number of carbonyl (C=O) groups is 1. The van der Waals surface area contributed by atoms with Crippen LogP contribution in [0.25, 0.3) is 22.2 Å². The maximum atomic E-state index is 12.3. The van der Waals surface area contributed by atoms with Crippen molar-refractivity contribution >= 4 is 34.4 Å². The highest BCUT2D eigenvalue weighted by atomic mass is 35.5. The number of nitrogens with zero attached hydrogens (tertiary/aromatic N) is 7. The number of amides is 1. The molecule has 1 aliphatic rings. The summed E-state index contributed by atoms with van der Waals surface area (Å²) in [5.74, 6) is 0.736. The number of rotatable bonds is 5. The Morgan fingerprint density at radius 1 is 1.15 bits per heavy atom. The molecule has 0 spiro atoms. The standard InChI is InChI=1S/C24H32ClN7O2/c1-24(2,3)34-23(33)31-11-9-30(10-12-31)22-19(25)15-18-14-17(6-7-20(18)26-22)21-16-32(28-27-21)13-8-29(4)5/h6-7,14-16H,8-13H2,1-5H3. The molecule has 10 heteroatoms. The number of benzene rings is 1. The van der Waals surface area contributed by atoms with Crippen molar-refractivity contribution in [3.63, 3.8) is 0 Å². The topological polar surface area (TPSA) is 79.6 Å². The van der Waals surface area contributed by atoms with Crippen molar-refractivity contribution in [1.29, 1.82) is 0 Å². The Labute approximate surface area is 205 Å². The smallest absolute Gasteiger partial charge is 0.410 e. The summed E-state index contributed by atoms with van der Waals surface area (Å²) in [5.41, 5.74) is 2.15. The van der Waals surface area contributed by atoms with Crippen LogP contribution in [0.15, 0.2) is 30.5 Å². The molecule has 0 bridgehead atoms. The minimum Gasteiger partial charge on any atom is -0.444 e. The van der Waals surface area contributed by atoms with Gasteiger partial charge in [-0.25, -0.2) is 9.78 Å². The van der Waals surface area contributed by atoms with Gasteiger partial charge in [-0.15, -0.1) is 5.10 Å². The molecule has 182 valence electrons. The van der Waals surface area contributed by atoms with Gasteiger partial charge in [0.15, 0.2) is 0 Å². The molecule has 3 aromatic rings. The van der Waals surface area contributed by atoms with E-state index in [0.29, 0.717) is 31.2 Å². The molecule has 0 aliphatic carbocycles. The highest BCUT2D eigenvalue weighted by Gasteiger charge is 2.27. The van der Waals surface area contributed by atoms with Crippen LogP contribution in [0.1, 0.15) is 20.8 Å². The zero-order valence-corrected chi connectivity index (χ0v) is 21.2. The molecular weight excluding hydrogens is 454 g/mol. The number of hydrogen-bond acceptors (Lipinski definition) is 7. The van der Waals surface area contributed by atoms with Crippen LogP contribution in [0.3, 0.4) is 0 Å². The third kappa shape index (κ3) is 5.77. The average molecular weight is 486 g/mol. The van der Waals surface area contributed by atoms with Gasteiger partial charge in [-0.1, -0.05) is 22.9 Å². The van der Waals surface area contributed by atoms with E-state index in [2.05, 4.69) is 20.1 Å². The lowest BCUT2D eigenvalue weighted by Crippen LogP contribution is -2.50. The normalized spacial score (nSPS) is 14.8. The van der Waals surface area contributed by atoms with Crippen molar-refractivity contribution in [1.82, 2.24) is 29.8 Å². The zero-order chi connectivity index (χ0) is 24.5. The summed E-state index contributed by atoms with van der Waals surface area (Å²) in [7, 11) is 4.07. The molecule has 0 unspecified atom stereocenters. The van der Waals surface area contributed by atoms with Crippen LogP contribution in [0.2, 0.25) is 5.02 Å². The molecule has 1 aromatic carbocycles. The van der Waals surface area contributed by atoms with Crippen LogP contribution in [0.4, 0.5) is 10.6 Å². The van der Waals surface area contributed by atoms with E-state index >= 15 is 0 Å². The summed E-state index contributed by atoms with van der Waals surface area (Å²) in [4.78, 5) is 23.1. The number of hydrogen-bond donors (Lipinski definition) is 0. The predicted molar refractivity (Wildman–Crippen MR) is 134 cm³/mol. The van der Waals surface area contributed by atoms with Crippen molar-refractivity contribution in [2.45, 2.75) is 32.9 Å². The number of pyridine rings is 1. The first-order valence-electron chi connectivity index (χ1n) is 11.5. The van der Waals surface area contributed by atoms with E-state index in [1.54, 1.807) is 4.90 Å². The molecule has 1 amide bonds. The van der Waals surface area contributed by atoms with Gasteiger partial charge in [0.2, 0.25) is 0 Å².